The summed E-state index contributed by atoms with van der Waals surface area (Å²) in [4.78, 5) is -0.577. The molecule has 0 spiro atoms. The summed E-state index contributed by atoms with van der Waals surface area (Å²) in [7, 11) is -4.08. The number of rotatable bonds is 5. The lowest BCUT2D eigenvalue weighted by Crippen LogP contribution is -2.44. The Labute approximate surface area is 131 Å². The average molecular weight is 383 g/mol. The second kappa shape index (κ2) is 6.68. The zero-order valence-corrected chi connectivity index (χ0v) is 13.7. The molecule has 1 fully saturated rings. The average Bonchev–Trinajstić information content (AvgIpc) is 2.94. The van der Waals surface area contributed by atoms with E-state index in [-0.39, 0.29) is 16.9 Å². The largest absolute Gasteiger partial charge is 0.329 e. The Morgan fingerprint density at radius 1 is 1.29 bits per heavy atom. The molecule has 0 heterocycles. The molecule has 0 saturated heterocycles. The minimum absolute atomic E-state index is 0.102. The summed E-state index contributed by atoms with van der Waals surface area (Å²) in [6.45, 7) is 0.147. The normalized spacial score (nSPS) is 18.1. The number of hydrogen-bond acceptors (Lipinski definition) is 3. The van der Waals surface area contributed by atoms with Gasteiger partial charge in [-0.1, -0.05) is 12.8 Å². The Bertz CT molecular complexity index is 619. The highest BCUT2D eigenvalue weighted by molar-refractivity contribution is 9.10. The highest BCUT2D eigenvalue weighted by Crippen LogP contribution is 2.29. The van der Waals surface area contributed by atoms with Gasteiger partial charge in [0.15, 0.2) is 0 Å². The fourth-order valence-electron chi connectivity index (χ4n) is 2.67. The van der Waals surface area contributed by atoms with Crippen molar-refractivity contribution < 1.29 is 17.2 Å². The predicted octanol–water partition coefficient (Wildman–Crippen LogP) is 2.52. The first kappa shape index (κ1) is 16.8. The van der Waals surface area contributed by atoms with E-state index in [4.69, 9.17) is 5.73 Å². The molecule has 2 rings (SSSR count). The number of halogens is 3. The van der Waals surface area contributed by atoms with Crippen molar-refractivity contribution in [3.05, 3.63) is 28.2 Å². The van der Waals surface area contributed by atoms with Gasteiger partial charge in [0.1, 0.15) is 16.5 Å². The van der Waals surface area contributed by atoms with Crippen LogP contribution < -0.4 is 10.5 Å². The molecule has 0 aromatic heterocycles. The highest BCUT2D eigenvalue weighted by atomic mass is 79.9. The molecule has 0 radical (unpaired) electrons. The van der Waals surface area contributed by atoms with Crippen molar-refractivity contribution in [1.82, 2.24) is 4.72 Å². The third kappa shape index (κ3) is 3.80. The van der Waals surface area contributed by atoms with E-state index in [9.17, 15) is 17.2 Å². The van der Waals surface area contributed by atoms with E-state index in [2.05, 4.69) is 20.7 Å². The van der Waals surface area contributed by atoms with Gasteiger partial charge < -0.3 is 5.73 Å². The molecule has 1 unspecified atom stereocenters. The third-order valence-corrected chi connectivity index (χ3v) is 5.91. The lowest BCUT2D eigenvalue weighted by molar-refractivity contribution is 0.404. The van der Waals surface area contributed by atoms with Crippen molar-refractivity contribution in [2.24, 2.45) is 11.7 Å². The van der Waals surface area contributed by atoms with Gasteiger partial charge in [-0.2, -0.15) is 0 Å². The van der Waals surface area contributed by atoms with Crippen molar-refractivity contribution in [3.63, 3.8) is 0 Å². The number of hydrogen-bond donors (Lipinski definition) is 2. The molecule has 0 amide bonds. The molecule has 3 N–H and O–H groups in total. The van der Waals surface area contributed by atoms with Crippen molar-refractivity contribution in [3.8, 4) is 0 Å². The van der Waals surface area contributed by atoms with Gasteiger partial charge >= 0.3 is 0 Å². The summed E-state index contributed by atoms with van der Waals surface area (Å²) >= 11 is 2.86. The standard InChI is InChI=1S/C13H17BrF2N2O2S/c14-9-5-13(11(16)6-10(9)15)21(19,20)18-12(7-17)8-3-1-2-4-8/h5-6,8,12,18H,1-4,7,17H2. The molecule has 1 aromatic rings. The maximum Gasteiger partial charge on any atom is 0.243 e. The molecule has 1 aliphatic carbocycles. The number of benzene rings is 1. The zero-order valence-electron chi connectivity index (χ0n) is 11.3. The fourth-order valence-corrected chi connectivity index (χ4v) is 4.57. The maximum atomic E-state index is 13.7. The van der Waals surface area contributed by atoms with Crippen LogP contribution in [0.5, 0.6) is 0 Å². The molecule has 1 atom stereocenters. The minimum Gasteiger partial charge on any atom is -0.329 e. The monoisotopic (exact) mass is 382 g/mol. The first-order valence-electron chi connectivity index (χ1n) is 6.72. The lowest BCUT2D eigenvalue weighted by Gasteiger charge is -2.23. The Morgan fingerprint density at radius 2 is 1.90 bits per heavy atom. The molecule has 4 nitrogen and oxygen atoms in total. The van der Waals surface area contributed by atoms with Crippen LogP contribution in [-0.2, 0) is 10.0 Å². The van der Waals surface area contributed by atoms with E-state index in [0.29, 0.717) is 6.07 Å². The molecule has 1 aromatic carbocycles. The van der Waals surface area contributed by atoms with Gasteiger partial charge in [0.25, 0.3) is 0 Å². The molecule has 1 aliphatic rings. The number of nitrogens with one attached hydrogen (secondary N) is 1. The van der Waals surface area contributed by atoms with Crippen LogP contribution in [0.1, 0.15) is 25.7 Å². The predicted molar refractivity (Wildman–Crippen MR) is 79.2 cm³/mol. The summed E-state index contributed by atoms with van der Waals surface area (Å²) in [6, 6.07) is 1.04. The van der Waals surface area contributed by atoms with Crippen LogP contribution in [0.3, 0.4) is 0 Å². The van der Waals surface area contributed by atoms with Crippen LogP contribution in [0.2, 0.25) is 0 Å². The van der Waals surface area contributed by atoms with Gasteiger partial charge in [0.2, 0.25) is 10.0 Å². The highest BCUT2D eigenvalue weighted by Gasteiger charge is 2.30. The van der Waals surface area contributed by atoms with Gasteiger partial charge in [-0.25, -0.2) is 21.9 Å². The molecule has 0 aliphatic heterocycles. The SMILES string of the molecule is NCC(NS(=O)(=O)c1cc(Br)c(F)cc1F)C1CCCC1. The molecule has 21 heavy (non-hydrogen) atoms. The van der Waals surface area contributed by atoms with Crippen LogP contribution in [0.15, 0.2) is 21.5 Å². The van der Waals surface area contributed by atoms with Crippen molar-refractivity contribution in [2.45, 2.75) is 36.6 Å². The quantitative estimate of drug-likeness (QED) is 0.768. The van der Waals surface area contributed by atoms with Gasteiger partial charge in [0, 0.05) is 18.7 Å². The van der Waals surface area contributed by atoms with E-state index in [0.717, 1.165) is 31.7 Å². The van der Waals surface area contributed by atoms with E-state index in [1.165, 1.54) is 0 Å². The Kier molecular flexibility index (Phi) is 5.34. The van der Waals surface area contributed by atoms with Crippen LogP contribution in [0.25, 0.3) is 0 Å². The second-order valence-electron chi connectivity index (χ2n) is 5.20. The maximum absolute atomic E-state index is 13.7. The fraction of sp³-hybridized carbons (Fsp3) is 0.538. The Morgan fingerprint density at radius 3 is 2.48 bits per heavy atom. The minimum atomic E-state index is -4.08. The van der Waals surface area contributed by atoms with E-state index >= 15 is 0 Å². The first-order chi connectivity index (χ1) is 9.85. The van der Waals surface area contributed by atoms with Crippen molar-refractivity contribution in [1.29, 1.82) is 0 Å². The molecular formula is C13H17BrF2N2O2S. The summed E-state index contributed by atoms with van der Waals surface area (Å²) in [6.07, 6.45) is 3.89. The zero-order chi connectivity index (χ0) is 15.6. The molecular weight excluding hydrogens is 366 g/mol. The number of nitrogens with two attached hydrogens (primary N) is 1. The molecule has 1 saturated carbocycles. The van der Waals surface area contributed by atoms with E-state index < -0.39 is 32.6 Å². The van der Waals surface area contributed by atoms with Gasteiger partial charge in [-0.15, -0.1) is 0 Å². The second-order valence-corrected chi connectivity index (χ2v) is 7.74. The smallest absolute Gasteiger partial charge is 0.243 e. The van der Waals surface area contributed by atoms with Gasteiger partial charge in [-0.05, 0) is 40.8 Å². The topological polar surface area (TPSA) is 72.2 Å². The van der Waals surface area contributed by atoms with Crippen LogP contribution >= 0.6 is 15.9 Å². The summed E-state index contributed by atoms with van der Waals surface area (Å²) in [5, 5.41) is 0. The summed E-state index contributed by atoms with van der Waals surface area (Å²) in [5.74, 6) is -1.81. The van der Waals surface area contributed by atoms with Crippen molar-refractivity contribution >= 4 is 26.0 Å². The van der Waals surface area contributed by atoms with Crippen LogP contribution in [-0.4, -0.2) is 21.0 Å². The van der Waals surface area contributed by atoms with Crippen LogP contribution in [0.4, 0.5) is 8.78 Å². The van der Waals surface area contributed by atoms with Gasteiger partial charge in [0.05, 0.1) is 4.47 Å². The molecule has 118 valence electrons. The lowest BCUT2D eigenvalue weighted by atomic mass is 9.99. The summed E-state index contributed by atoms with van der Waals surface area (Å²) in [5.41, 5.74) is 5.64. The summed E-state index contributed by atoms with van der Waals surface area (Å²) < 4.78 is 53.9. The number of sulfonamides is 1. The van der Waals surface area contributed by atoms with E-state index in [1.54, 1.807) is 0 Å². The van der Waals surface area contributed by atoms with Gasteiger partial charge in [-0.3, -0.25) is 0 Å². The Balaban J connectivity index is 2.27. The van der Waals surface area contributed by atoms with Crippen molar-refractivity contribution in [2.75, 3.05) is 6.54 Å². The third-order valence-electron chi connectivity index (χ3n) is 3.79. The molecule has 8 heteroatoms. The van der Waals surface area contributed by atoms with E-state index in [1.807, 2.05) is 0 Å². The first-order valence-corrected chi connectivity index (χ1v) is 8.99. The van der Waals surface area contributed by atoms with Crippen LogP contribution in [0, 0.1) is 17.6 Å². The molecule has 0 bridgehead atoms. The Hall–Kier alpha value is -0.570.